The molecule has 0 bridgehead atoms. The van der Waals surface area contributed by atoms with Crippen molar-refractivity contribution < 1.29 is 4.79 Å². The number of carbonyl (C=O) groups excluding carboxylic acids is 1. The minimum Gasteiger partial charge on any atom is -0.320 e. The van der Waals surface area contributed by atoms with E-state index in [0.29, 0.717) is 5.13 Å². The summed E-state index contributed by atoms with van der Waals surface area (Å²) in [5.74, 6) is -0.248. The molecule has 3 N–H and O–H groups in total. The predicted molar refractivity (Wildman–Crippen MR) is 42.2 cm³/mol. The maximum absolute atomic E-state index is 10.9. The van der Waals surface area contributed by atoms with Gasteiger partial charge in [0.2, 0.25) is 11.0 Å². The van der Waals surface area contributed by atoms with Gasteiger partial charge in [0.1, 0.15) is 5.51 Å². The number of carbonyl (C=O) groups is 1. The highest BCUT2D eigenvalue weighted by Gasteiger charge is 2.08. The van der Waals surface area contributed by atoms with Crippen molar-refractivity contribution in [1.82, 2.24) is 10.2 Å². The molecule has 0 aliphatic heterocycles. The number of amides is 1. The third-order valence-electron chi connectivity index (χ3n) is 1.00. The summed E-state index contributed by atoms with van der Waals surface area (Å²) in [5.41, 5.74) is 6.84. The molecule has 1 aromatic heterocycles. The molecular weight excluding hydrogens is 164 g/mol. The van der Waals surface area contributed by atoms with Crippen molar-refractivity contribution in [3.63, 3.8) is 0 Å². The normalized spacial score (nSPS) is 12.5. The summed E-state index contributed by atoms with van der Waals surface area (Å²) in [6, 6.07) is -0.515. The zero-order chi connectivity index (χ0) is 8.27. The van der Waals surface area contributed by atoms with Crippen molar-refractivity contribution >= 4 is 22.4 Å². The minimum atomic E-state index is -0.515. The molecule has 0 radical (unpaired) electrons. The molecule has 6 heteroatoms. The van der Waals surface area contributed by atoms with Crippen molar-refractivity contribution in [2.75, 3.05) is 5.32 Å². The third-order valence-corrected chi connectivity index (χ3v) is 1.61. The smallest absolute Gasteiger partial charge is 0.242 e. The molecule has 0 aliphatic rings. The van der Waals surface area contributed by atoms with Gasteiger partial charge in [0.25, 0.3) is 0 Å². The molecule has 0 unspecified atom stereocenters. The van der Waals surface area contributed by atoms with E-state index in [0.717, 1.165) is 0 Å². The van der Waals surface area contributed by atoms with Crippen LogP contribution in [0.15, 0.2) is 5.51 Å². The topological polar surface area (TPSA) is 80.9 Å². The molecule has 0 saturated heterocycles. The number of hydrogen-bond donors (Lipinski definition) is 2. The van der Waals surface area contributed by atoms with Crippen LogP contribution in [0.3, 0.4) is 0 Å². The Morgan fingerprint density at radius 2 is 2.64 bits per heavy atom. The van der Waals surface area contributed by atoms with E-state index in [1.165, 1.54) is 16.8 Å². The summed E-state index contributed by atoms with van der Waals surface area (Å²) in [6.07, 6.45) is 0. The fourth-order valence-electron chi connectivity index (χ4n) is 0.447. The molecule has 1 heterocycles. The molecule has 1 aromatic rings. The highest BCUT2D eigenvalue weighted by atomic mass is 32.1. The van der Waals surface area contributed by atoms with Gasteiger partial charge in [-0.25, -0.2) is 0 Å². The molecule has 1 atom stereocenters. The zero-order valence-electron chi connectivity index (χ0n) is 5.94. The van der Waals surface area contributed by atoms with Gasteiger partial charge in [-0.3, -0.25) is 10.1 Å². The van der Waals surface area contributed by atoms with Crippen molar-refractivity contribution in [3.05, 3.63) is 5.51 Å². The molecule has 1 rings (SSSR count). The van der Waals surface area contributed by atoms with E-state index in [9.17, 15) is 4.79 Å². The molecule has 0 saturated carbocycles. The zero-order valence-corrected chi connectivity index (χ0v) is 6.76. The lowest BCUT2D eigenvalue weighted by atomic mass is 10.3. The summed E-state index contributed by atoms with van der Waals surface area (Å²) in [7, 11) is 0. The van der Waals surface area contributed by atoms with Crippen LogP contribution in [0.25, 0.3) is 0 Å². The van der Waals surface area contributed by atoms with Crippen LogP contribution in [0.2, 0.25) is 0 Å². The number of nitrogens with two attached hydrogens (primary N) is 1. The highest BCUT2D eigenvalue weighted by molar-refractivity contribution is 7.13. The molecule has 0 fully saturated rings. The lowest BCUT2D eigenvalue weighted by Crippen LogP contribution is -2.32. The number of nitrogens with one attached hydrogen (secondary N) is 1. The van der Waals surface area contributed by atoms with Gasteiger partial charge in [-0.2, -0.15) is 0 Å². The lowest BCUT2D eigenvalue weighted by molar-refractivity contribution is -0.117. The molecule has 0 aliphatic carbocycles. The Hall–Kier alpha value is -1.01. The first-order chi connectivity index (χ1) is 5.20. The van der Waals surface area contributed by atoms with Gasteiger partial charge in [-0.1, -0.05) is 11.3 Å². The van der Waals surface area contributed by atoms with E-state index < -0.39 is 6.04 Å². The molecule has 0 aromatic carbocycles. The summed E-state index contributed by atoms with van der Waals surface area (Å²) in [5, 5.41) is 10.1. The van der Waals surface area contributed by atoms with Gasteiger partial charge >= 0.3 is 0 Å². The first kappa shape index (κ1) is 8.09. The summed E-state index contributed by atoms with van der Waals surface area (Å²) < 4.78 is 0. The highest BCUT2D eigenvalue weighted by Crippen LogP contribution is 2.07. The average molecular weight is 172 g/mol. The van der Waals surface area contributed by atoms with E-state index in [-0.39, 0.29) is 5.91 Å². The molecule has 5 nitrogen and oxygen atoms in total. The van der Waals surface area contributed by atoms with E-state index in [2.05, 4.69) is 15.5 Å². The Kier molecular flexibility index (Phi) is 2.50. The third kappa shape index (κ3) is 2.24. The van der Waals surface area contributed by atoms with E-state index in [1.54, 1.807) is 6.92 Å². The number of nitrogens with zero attached hydrogens (tertiary/aromatic N) is 2. The van der Waals surface area contributed by atoms with Gasteiger partial charge in [0.05, 0.1) is 6.04 Å². The fourth-order valence-corrected chi connectivity index (χ4v) is 0.895. The van der Waals surface area contributed by atoms with Crippen molar-refractivity contribution in [1.29, 1.82) is 0 Å². The van der Waals surface area contributed by atoms with Crippen molar-refractivity contribution in [2.45, 2.75) is 13.0 Å². The first-order valence-corrected chi connectivity index (χ1v) is 3.90. The van der Waals surface area contributed by atoms with Crippen LogP contribution in [0.1, 0.15) is 6.92 Å². The SMILES string of the molecule is C[C@@H](N)C(=O)Nc1nncs1. The Morgan fingerprint density at radius 1 is 1.91 bits per heavy atom. The first-order valence-electron chi connectivity index (χ1n) is 3.03. The maximum atomic E-state index is 10.9. The van der Waals surface area contributed by atoms with Gasteiger partial charge in [0, 0.05) is 0 Å². The van der Waals surface area contributed by atoms with Gasteiger partial charge in [-0.05, 0) is 6.92 Å². The van der Waals surface area contributed by atoms with Crippen LogP contribution in [0, 0.1) is 0 Å². The number of aromatic nitrogens is 2. The van der Waals surface area contributed by atoms with Crippen LogP contribution < -0.4 is 11.1 Å². The van der Waals surface area contributed by atoms with E-state index >= 15 is 0 Å². The lowest BCUT2D eigenvalue weighted by Gasteiger charge is -2.02. The number of anilines is 1. The Labute approximate surface area is 67.6 Å². The van der Waals surface area contributed by atoms with Crippen LogP contribution in [-0.4, -0.2) is 22.1 Å². The van der Waals surface area contributed by atoms with Crippen molar-refractivity contribution in [2.24, 2.45) is 5.73 Å². The molecular formula is C5H8N4OS. The fraction of sp³-hybridized carbons (Fsp3) is 0.400. The quantitative estimate of drug-likeness (QED) is 0.648. The Bertz CT molecular complexity index is 233. The summed E-state index contributed by atoms with van der Waals surface area (Å²) in [6.45, 7) is 1.61. The molecule has 1 amide bonds. The van der Waals surface area contributed by atoms with Crippen molar-refractivity contribution in [3.8, 4) is 0 Å². The standard InChI is InChI=1S/C5H8N4OS/c1-3(6)4(10)8-5-9-7-2-11-5/h2-3H,6H2,1H3,(H,8,9,10)/t3-/m1/s1. The second-order valence-electron chi connectivity index (χ2n) is 2.02. The second-order valence-corrected chi connectivity index (χ2v) is 2.86. The van der Waals surface area contributed by atoms with Gasteiger partial charge in [-0.15, -0.1) is 10.2 Å². The number of rotatable bonds is 2. The van der Waals surface area contributed by atoms with E-state index in [1.807, 2.05) is 0 Å². The Morgan fingerprint density at radius 3 is 3.09 bits per heavy atom. The summed E-state index contributed by atoms with van der Waals surface area (Å²) >= 11 is 1.26. The second kappa shape index (κ2) is 3.40. The van der Waals surface area contributed by atoms with Crippen LogP contribution >= 0.6 is 11.3 Å². The predicted octanol–water partition coefficient (Wildman–Crippen LogP) is -0.176. The van der Waals surface area contributed by atoms with Crippen LogP contribution in [0.4, 0.5) is 5.13 Å². The van der Waals surface area contributed by atoms with E-state index in [4.69, 9.17) is 5.73 Å². The number of hydrogen-bond acceptors (Lipinski definition) is 5. The largest absolute Gasteiger partial charge is 0.320 e. The minimum absolute atomic E-state index is 0.248. The monoisotopic (exact) mass is 172 g/mol. The van der Waals surface area contributed by atoms with Crippen LogP contribution in [-0.2, 0) is 4.79 Å². The Balaban J connectivity index is 2.50. The summed E-state index contributed by atoms with van der Waals surface area (Å²) in [4.78, 5) is 10.9. The van der Waals surface area contributed by atoms with Gasteiger partial charge < -0.3 is 5.73 Å². The average Bonchev–Trinajstić information content (AvgIpc) is 2.39. The molecule has 11 heavy (non-hydrogen) atoms. The maximum Gasteiger partial charge on any atom is 0.242 e. The molecule has 60 valence electrons. The van der Waals surface area contributed by atoms with Crippen LogP contribution in [0.5, 0.6) is 0 Å². The molecule has 0 spiro atoms. The van der Waals surface area contributed by atoms with Gasteiger partial charge in [0.15, 0.2) is 0 Å².